The van der Waals surface area contributed by atoms with Gasteiger partial charge in [-0.3, -0.25) is 9.59 Å². The lowest BCUT2D eigenvalue weighted by atomic mass is 9.86. The molecule has 34 heavy (non-hydrogen) atoms. The van der Waals surface area contributed by atoms with E-state index in [4.69, 9.17) is 0 Å². The second-order valence-corrected chi connectivity index (χ2v) is 11.1. The van der Waals surface area contributed by atoms with E-state index in [9.17, 15) is 24.0 Å². The Balaban J connectivity index is 1.49. The topological polar surface area (TPSA) is 104 Å². The molecule has 0 spiro atoms. The molecule has 0 aromatic heterocycles. The Morgan fingerprint density at radius 3 is 1.85 bits per heavy atom. The van der Waals surface area contributed by atoms with E-state index in [2.05, 4.69) is 5.32 Å². The van der Waals surface area contributed by atoms with E-state index >= 15 is 0 Å². The van der Waals surface area contributed by atoms with Crippen LogP contribution in [-0.4, -0.2) is 39.5 Å². The van der Waals surface area contributed by atoms with Crippen LogP contribution in [0.3, 0.4) is 0 Å². The molecule has 4 atom stereocenters. The summed E-state index contributed by atoms with van der Waals surface area (Å²) in [6.45, 7) is 1.56. The Labute approximate surface area is 203 Å². The normalized spacial score (nSPS) is 21.2. The minimum Gasteiger partial charge on any atom is -0.481 e. The lowest BCUT2D eigenvalue weighted by Gasteiger charge is -2.19. The first-order valence-electron chi connectivity index (χ1n) is 12.2. The van der Waals surface area contributed by atoms with Gasteiger partial charge in [0.2, 0.25) is 0 Å². The Bertz CT molecular complexity index is 961. The molecule has 0 bridgehead atoms. The van der Waals surface area contributed by atoms with Gasteiger partial charge < -0.3 is 15.5 Å². The van der Waals surface area contributed by atoms with Crippen LogP contribution in [0.25, 0.3) is 0 Å². The monoisotopic (exact) mass is 483 g/mol. The van der Waals surface area contributed by atoms with Crippen molar-refractivity contribution in [3.8, 4) is 0 Å². The molecule has 7 heteroatoms. The fourth-order valence-corrected chi connectivity index (χ4v) is 6.70. The number of hydrogen-bond donors (Lipinski definition) is 3. The molecule has 1 saturated heterocycles. The molecule has 4 rings (SSSR count). The zero-order chi connectivity index (χ0) is 24.1. The first-order chi connectivity index (χ1) is 16.4. The van der Waals surface area contributed by atoms with Crippen LogP contribution in [0.4, 0.5) is 0 Å². The lowest BCUT2D eigenvalue weighted by molar-refractivity contribution is -0.144. The molecule has 6 nitrogen and oxygen atoms in total. The van der Waals surface area contributed by atoms with Gasteiger partial charge in [0, 0.05) is 9.79 Å². The Morgan fingerprint density at radius 1 is 0.853 bits per heavy atom. The third-order valence-corrected chi connectivity index (χ3v) is 8.77. The molecule has 2 aromatic rings. The molecule has 1 heterocycles. The Morgan fingerprint density at radius 2 is 1.38 bits per heavy atom. The minimum absolute atomic E-state index is 0.102. The first kappa shape index (κ1) is 24.6. The maximum atomic E-state index is 13.4. The van der Waals surface area contributed by atoms with Crippen molar-refractivity contribution < 1.29 is 24.0 Å². The van der Waals surface area contributed by atoms with Crippen LogP contribution < -0.4 is 5.32 Å². The molecule has 1 aliphatic heterocycles. The fourth-order valence-electron chi connectivity index (χ4n) is 5.51. The van der Waals surface area contributed by atoms with Crippen LogP contribution in [0.15, 0.2) is 58.3 Å². The number of hydrogen-bond acceptors (Lipinski definition) is 4. The van der Waals surface area contributed by atoms with E-state index < -0.39 is 34.6 Å². The summed E-state index contributed by atoms with van der Waals surface area (Å²) in [5.74, 6) is -2.11. The molecular formula is C27H33NO5S. The van der Waals surface area contributed by atoms with Crippen molar-refractivity contribution in [1.29, 1.82) is 0 Å². The summed E-state index contributed by atoms with van der Waals surface area (Å²) in [5.41, 5.74) is 1.76. The average molecular weight is 484 g/mol. The molecule has 0 amide bonds. The van der Waals surface area contributed by atoms with Crippen LogP contribution >= 0.6 is 0 Å². The highest BCUT2D eigenvalue weighted by molar-refractivity contribution is 7.85. The first-order valence-corrected chi connectivity index (χ1v) is 13.3. The van der Waals surface area contributed by atoms with E-state index in [-0.39, 0.29) is 11.8 Å². The molecular weight excluding hydrogens is 450 g/mol. The molecule has 3 N–H and O–H groups in total. The highest BCUT2D eigenvalue weighted by Crippen LogP contribution is 2.34. The van der Waals surface area contributed by atoms with Crippen molar-refractivity contribution in [2.45, 2.75) is 54.7 Å². The van der Waals surface area contributed by atoms with Crippen LogP contribution in [0.2, 0.25) is 0 Å². The van der Waals surface area contributed by atoms with Crippen LogP contribution in [-0.2, 0) is 33.2 Å². The molecule has 2 aromatic carbocycles. The molecule has 2 fully saturated rings. The summed E-state index contributed by atoms with van der Waals surface area (Å²) >= 11 is 0. The number of nitrogens with one attached hydrogen (secondary N) is 1. The molecule has 1 aliphatic carbocycles. The quantitative estimate of drug-likeness (QED) is 0.469. The van der Waals surface area contributed by atoms with Crippen molar-refractivity contribution >= 4 is 22.7 Å². The van der Waals surface area contributed by atoms with Gasteiger partial charge in [-0.1, -0.05) is 37.1 Å². The van der Waals surface area contributed by atoms with Crippen molar-refractivity contribution in [3.63, 3.8) is 0 Å². The van der Waals surface area contributed by atoms with Crippen molar-refractivity contribution in [2.24, 2.45) is 23.7 Å². The van der Waals surface area contributed by atoms with Crippen molar-refractivity contribution in [1.82, 2.24) is 5.32 Å². The van der Waals surface area contributed by atoms with E-state index in [1.54, 1.807) is 6.07 Å². The van der Waals surface area contributed by atoms with Crippen LogP contribution in [0.1, 0.15) is 43.2 Å². The number of rotatable bonds is 10. The van der Waals surface area contributed by atoms with Crippen molar-refractivity contribution in [3.05, 3.63) is 59.7 Å². The number of benzene rings is 2. The molecule has 0 radical (unpaired) electrons. The molecule has 1 saturated carbocycles. The largest absolute Gasteiger partial charge is 0.481 e. The van der Waals surface area contributed by atoms with Gasteiger partial charge in [0.25, 0.3) is 0 Å². The number of carboxylic acids is 2. The number of aliphatic carboxylic acids is 2. The molecule has 1 unspecified atom stereocenters. The highest BCUT2D eigenvalue weighted by atomic mass is 32.2. The maximum Gasteiger partial charge on any atom is 0.307 e. The van der Waals surface area contributed by atoms with E-state index in [0.717, 1.165) is 49.8 Å². The van der Waals surface area contributed by atoms with E-state index in [1.807, 2.05) is 42.5 Å². The summed E-state index contributed by atoms with van der Waals surface area (Å²) in [7, 11) is -1.43. The van der Waals surface area contributed by atoms with Gasteiger partial charge in [0.1, 0.15) is 0 Å². The van der Waals surface area contributed by atoms with Gasteiger partial charge in [-0.2, -0.15) is 0 Å². The molecule has 182 valence electrons. The fraction of sp³-hybridized carbons (Fsp3) is 0.481. The van der Waals surface area contributed by atoms with E-state index in [1.165, 1.54) is 0 Å². The third-order valence-electron chi connectivity index (χ3n) is 7.41. The zero-order valence-electron chi connectivity index (χ0n) is 19.3. The number of carboxylic acid groups (broad SMARTS) is 2. The Kier molecular flexibility index (Phi) is 8.16. The van der Waals surface area contributed by atoms with Gasteiger partial charge in [-0.25, -0.2) is 4.21 Å². The van der Waals surface area contributed by atoms with E-state index in [0.29, 0.717) is 29.2 Å². The Hall–Kier alpha value is -2.51. The highest BCUT2D eigenvalue weighted by Gasteiger charge is 2.31. The van der Waals surface area contributed by atoms with Gasteiger partial charge in [-0.15, -0.1) is 0 Å². The predicted molar refractivity (Wildman–Crippen MR) is 130 cm³/mol. The summed E-state index contributed by atoms with van der Waals surface area (Å²) in [6, 6.07) is 14.8. The summed E-state index contributed by atoms with van der Waals surface area (Å²) in [6.07, 6.45) is 5.82. The lowest BCUT2D eigenvalue weighted by Crippen LogP contribution is -2.27. The molecule has 2 aliphatic rings. The van der Waals surface area contributed by atoms with Gasteiger partial charge in [-0.05, 0) is 92.4 Å². The van der Waals surface area contributed by atoms with Crippen LogP contribution in [0.5, 0.6) is 0 Å². The standard InChI is InChI=1S/C27H33NO5S/c29-26(30)24(20-7-1-2-8-20)15-18-5-3-9-22(13-18)34(33)23-10-4-6-19(14-23)16-25(27(31)32)21-11-12-28-17-21/h3-6,9-10,13-14,20-21,24-25,28H,1-2,7-8,11-12,15-17H2,(H,29,30)(H,31,32)/t21-,24-,25-,34?/m0/s1. The van der Waals surface area contributed by atoms with Gasteiger partial charge in [0.05, 0.1) is 22.6 Å². The predicted octanol–water partition coefficient (Wildman–Crippen LogP) is 4.14. The number of carbonyl (C=O) groups is 2. The zero-order valence-corrected chi connectivity index (χ0v) is 20.1. The second kappa shape index (κ2) is 11.3. The summed E-state index contributed by atoms with van der Waals surface area (Å²) < 4.78 is 13.4. The average Bonchev–Trinajstić information content (AvgIpc) is 3.55. The van der Waals surface area contributed by atoms with Gasteiger partial charge >= 0.3 is 11.9 Å². The summed E-state index contributed by atoms with van der Waals surface area (Å²) in [4.78, 5) is 25.0. The minimum atomic E-state index is -1.43. The SMILES string of the molecule is O=C(O)[C@@H](Cc1cccc(S(=O)c2cccc(C[C@H](C(=O)O)[C@H]3CCNC3)c2)c1)C1CCCC1. The van der Waals surface area contributed by atoms with Gasteiger partial charge in [0.15, 0.2) is 0 Å². The smallest absolute Gasteiger partial charge is 0.307 e. The third kappa shape index (κ3) is 5.94. The maximum absolute atomic E-state index is 13.4. The van der Waals surface area contributed by atoms with Crippen LogP contribution in [0, 0.1) is 23.7 Å². The van der Waals surface area contributed by atoms with Crippen molar-refractivity contribution in [2.75, 3.05) is 13.1 Å². The second-order valence-electron chi connectivity index (χ2n) is 9.66. The summed E-state index contributed by atoms with van der Waals surface area (Å²) in [5, 5.41) is 22.7.